The first-order chi connectivity index (χ1) is 8.69. The molecule has 0 aromatic heterocycles. The van der Waals surface area contributed by atoms with Crippen molar-refractivity contribution in [2.75, 3.05) is 13.1 Å². The Balaban J connectivity index is 1.67. The van der Waals surface area contributed by atoms with Crippen LogP contribution < -0.4 is 0 Å². The van der Waals surface area contributed by atoms with Crippen molar-refractivity contribution in [3.05, 3.63) is 0 Å². The molecule has 0 spiro atoms. The van der Waals surface area contributed by atoms with Crippen molar-refractivity contribution in [1.29, 1.82) is 0 Å². The first-order valence-electron chi connectivity index (χ1n) is 7.72. The molecule has 2 nitrogen and oxygen atoms in total. The molecule has 0 aromatic carbocycles. The van der Waals surface area contributed by atoms with Crippen molar-refractivity contribution in [1.82, 2.24) is 4.90 Å². The summed E-state index contributed by atoms with van der Waals surface area (Å²) in [6, 6.07) is 0.702. The Morgan fingerprint density at radius 3 is 2.17 bits per heavy atom. The second kappa shape index (κ2) is 6.85. The molecular weight excluding hydrogens is 229 g/mol. The molecule has 0 amide bonds. The topological polar surface area (TPSA) is 12.5 Å². The van der Waals surface area contributed by atoms with Crippen LogP contribution in [0.25, 0.3) is 0 Å². The highest BCUT2D eigenvalue weighted by molar-refractivity contribution is 4.79. The van der Waals surface area contributed by atoms with Crippen LogP contribution in [0.2, 0.25) is 0 Å². The lowest BCUT2D eigenvalue weighted by Crippen LogP contribution is -2.43. The Labute approximate surface area is 111 Å². The van der Waals surface area contributed by atoms with Gasteiger partial charge in [-0.2, -0.15) is 0 Å². The largest absolute Gasteiger partial charge is 0.375 e. The van der Waals surface area contributed by atoms with Crippen LogP contribution in [0.1, 0.15) is 58.8 Å². The lowest BCUT2D eigenvalue weighted by atomic mass is 9.95. The number of hydrogen-bond acceptors (Lipinski definition) is 2. The lowest BCUT2D eigenvalue weighted by molar-refractivity contribution is -0.0658. The Morgan fingerprint density at radius 1 is 1.06 bits per heavy atom. The molecular formula is C15H28FNO. The van der Waals surface area contributed by atoms with Gasteiger partial charge in [-0.15, -0.1) is 0 Å². The molecule has 0 N–H and O–H groups in total. The van der Waals surface area contributed by atoms with Gasteiger partial charge in [0, 0.05) is 19.1 Å². The van der Waals surface area contributed by atoms with Gasteiger partial charge in [0.25, 0.3) is 0 Å². The fraction of sp³-hybridized carbons (Fsp3) is 1.00. The van der Waals surface area contributed by atoms with Crippen LogP contribution in [0, 0.1) is 0 Å². The van der Waals surface area contributed by atoms with E-state index in [2.05, 4.69) is 18.7 Å². The Morgan fingerprint density at radius 2 is 1.61 bits per heavy atom. The smallest absolute Gasteiger partial charge is 0.100 e. The van der Waals surface area contributed by atoms with E-state index in [1.807, 2.05) is 0 Å². The molecule has 2 fully saturated rings. The molecule has 1 aliphatic heterocycles. The molecule has 0 radical (unpaired) electrons. The summed E-state index contributed by atoms with van der Waals surface area (Å²) in [5.41, 5.74) is 0. The third-order valence-corrected chi connectivity index (χ3v) is 4.68. The molecule has 1 heterocycles. The number of halogens is 1. The van der Waals surface area contributed by atoms with Crippen molar-refractivity contribution in [3.63, 3.8) is 0 Å². The van der Waals surface area contributed by atoms with Gasteiger partial charge in [0.1, 0.15) is 6.17 Å². The van der Waals surface area contributed by atoms with E-state index < -0.39 is 6.17 Å². The molecule has 1 unspecified atom stereocenters. The average molecular weight is 257 g/mol. The van der Waals surface area contributed by atoms with Gasteiger partial charge in [-0.05, 0) is 51.9 Å². The summed E-state index contributed by atoms with van der Waals surface area (Å²) in [5, 5.41) is 0. The lowest BCUT2D eigenvalue weighted by Gasteiger charge is -2.37. The standard InChI is InChI=1S/C15H28FNO/c1-3-12(2)17-10-8-15(9-11-17)18-14-6-4-13(16)5-7-14/h12-15H,3-11H2,1-2H3. The summed E-state index contributed by atoms with van der Waals surface area (Å²) in [6.45, 7) is 6.89. The highest BCUT2D eigenvalue weighted by atomic mass is 19.1. The van der Waals surface area contributed by atoms with E-state index in [-0.39, 0.29) is 0 Å². The SMILES string of the molecule is CCC(C)N1CCC(OC2CCC(F)CC2)CC1. The van der Waals surface area contributed by atoms with Gasteiger partial charge in [-0.25, -0.2) is 4.39 Å². The van der Waals surface area contributed by atoms with Crippen LogP contribution in [-0.2, 0) is 4.74 Å². The number of rotatable bonds is 4. The van der Waals surface area contributed by atoms with Crippen molar-refractivity contribution in [2.45, 2.75) is 83.2 Å². The predicted molar refractivity (Wildman–Crippen MR) is 72.6 cm³/mol. The number of piperidine rings is 1. The van der Waals surface area contributed by atoms with Crippen LogP contribution in [-0.4, -0.2) is 42.4 Å². The normalized spacial score (nSPS) is 33.5. The van der Waals surface area contributed by atoms with Crippen LogP contribution >= 0.6 is 0 Å². The maximum atomic E-state index is 13.1. The van der Waals surface area contributed by atoms with Crippen LogP contribution in [0.3, 0.4) is 0 Å². The van der Waals surface area contributed by atoms with E-state index in [0.717, 1.165) is 38.8 Å². The fourth-order valence-corrected chi connectivity index (χ4v) is 3.14. The van der Waals surface area contributed by atoms with E-state index in [1.54, 1.807) is 0 Å². The van der Waals surface area contributed by atoms with Gasteiger partial charge in [0.05, 0.1) is 12.2 Å². The number of likely N-dealkylation sites (tertiary alicyclic amines) is 1. The van der Waals surface area contributed by atoms with E-state index in [1.165, 1.54) is 6.42 Å². The van der Waals surface area contributed by atoms with E-state index in [4.69, 9.17) is 4.74 Å². The summed E-state index contributed by atoms with van der Waals surface area (Å²) in [5.74, 6) is 0. The highest BCUT2D eigenvalue weighted by Crippen LogP contribution is 2.27. The number of alkyl halides is 1. The summed E-state index contributed by atoms with van der Waals surface area (Å²) in [7, 11) is 0. The molecule has 3 heteroatoms. The minimum absolute atomic E-state index is 0.331. The highest BCUT2D eigenvalue weighted by Gasteiger charge is 2.27. The molecule has 1 saturated carbocycles. The fourth-order valence-electron chi connectivity index (χ4n) is 3.14. The zero-order chi connectivity index (χ0) is 13.0. The third kappa shape index (κ3) is 3.92. The zero-order valence-electron chi connectivity index (χ0n) is 11.9. The Bertz CT molecular complexity index is 233. The number of hydrogen-bond donors (Lipinski definition) is 0. The van der Waals surface area contributed by atoms with Gasteiger partial charge in [-0.1, -0.05) is 6.92 Å². The molecule has 0 bridgehead atoms. The Kier molecular flexibility index (Phi) is 5.43. The summed E-state index contributed by atoms with van der Waals surface area (Å²) >= 11 is 0. The first-order valence-corrected chi connectivity index (χ1v) is 7.72. The maximum Gasteiger partial charge on any atom is 0.100 e. The minimum atomic E-state index is -0.572. The second-order valence-electron chi connectivity index (χ2n) is 6.00. The van der Waals surface area contributed by atoms with E-state index in [9.17, 15) is 4.39 Å². The van der Waals surface area contributed by atoms with Crippen LogP contribution in [0.5, 0.6) is 0 Å². The van der Waals surface area contributed by atoms with Gasteiger partial charge in [0.15, 0.2) is 0 Å². The molecule has 1 saturated heterocycles. The van der Waals surface area contributed by atoms with Crippen molar-refractivity contribution in [3.8, 4) is 0 Å². The van der Waals surface area contributed by atoms with Gasteiger partial charge in [-0.3, -0.25) is 0 Å². The molecule has 2 rings (SSSR count). The molecule has 106 valence electrons. The summed E-state index contributed by atoms with van der Waals surface area (Å²) < 4.78 is 19.2. The zero-order valence-corrected chi connectivity index (χ0v) is 11.9. The minimum Gasteiger partial charge on any atom is -0.375 e. The van der Waals surface area contributed by atoms with Crippen molar-refractivity contribution in [2.24, 2.45) is 0 Å². The second-order valence-corrected chi connectivity index (χ2v) is 6.00. The summed E-state index contributed by atoms with van der Waals surface area (Å²) in [6.07, 6.45) is 6.97. The van der Waals surface area contributed by atoms with Gasteiger partial charge in [0.2, 0.25) is 0 Å². The predicted octanol–water partition coefficient (Wildman–Crippen LogP) is 3.55. The molecule has 1 atom stereocenters. The van der Waals surface area contributed by atoms with Gasteiger partial charge < -0.3 is 9.64 Å². The third-order valence-electron chi connectivity index (χ3n) is 4.68. The van der Waals surface area contributed by atoms with Crippen LogP contribution in [0.15, 0.2) is 0 Å². The van der Waals surface area contributed by atoms with Gasteiger partial charge >= 0.3 is 0 Å². The average Bonchev–Trinajstić information content (AvgIpc) is 2.41. The monoisotopic (exact) mass is 257 g/mol. The summed E-state index contributed by atoms with van der Waals surface area (Å²) in [4.78, 5) is 2.57. The number of nitrogens with zero attached hydrogens (tertiary/aromatic N) is 1. The first kappa shape index (κ1) is 14.3. The molecule has 0 aromatic rings. The van der Waals surface area contributed by atoms with Crippen molar-refractivity contribution < 1.29 is 9.13 Å². The Hall–Kier alpha value is -0.150. The molecule has 1 aliphatic carbocycles. The molecule has 2 aliphatic rings. The molecule has 18 heavy (non-hydrogen) atoms. The van der Waals surface area contributed by atoms with Crippen LogP contribution in [0.4, 0.5) is 4.39 Å². The number of ether oxygens (including phenoxy) is 1. The van der Waals surface area contributed by atoms with E-state index >= 15 is 0 Å². The maximum absolute atomic E-state index is 13.1. The van der Waals surface area contributed by atoms with E-state index in [0.29, 0.717) is 31.1 Å². The quantitative estimate of drug-likeness (QED) is 0.763. The van der Waals surface area contributed by atoms with Crippen molar-refractivity contribution >= 4 is 0 Å².